The molecule has 2 N–H and O–H groups in total. The van der Waals surface area contributed by atoms with Gasteiger partial charge in [0.15, 0.2) is 0 Å². The Hall–Kier alpha value is -3.35. The van der Waals surface area contributed by atoms with Crippen LogP contribution in [0.5, 0.6) is 0 Å². The summed E-state index contributed by atoms with van der Waals surface area (Å²) >= 11 is 0. The van der Waals surface area contributed by atoms with Crippen molar-refractivity contribution in [2.75, 3.05) is 13.2 Å². The Morgan fingerprint density at radius 2 is 1.66 bits per heavy atom. The van der Waals surface area contributed by atoms with Crippen molar-refractivity contribution in [3.05, 3.63) is 59.7 Å². The topological polar surface area (TPSA) is 95.9 Å². The number of nitrogens with zero attached hydrogens (tertiary/aromatic N) is 1. The summed E-state index contributed by atoms with van der Waals surface area (Å²) in [5.41, 5.74) is 4.26. The fourth-order valence-electron chi connectivity index (χ4n) is 6.19. The maximum atomic E-state index is 13.1. The number of alkyl carbamates (subject to hydrolysis) is 1. The number of carbonyl (C=O) groups is 3. The van der Waals surface area contributed by atoms with Gasteiger partial charge in [-0.15, -0.1) is 0 Å². The Morgan fingerprint density at radius 3 is 2.26 bits per heavy atom. The minimum Gasteiger partial charge on any atom is -0.480 e. The molecule has 2 aromatic carbocycles. The predicted octanol–water partition coefficient (Wildman–Crippen LogP) is 4.41. The van der Waals surface area contributed by atoms with Crippen LogP contribution in [0.2, 0.25) is 0 Å². The highest BCUT2D eigenvalue weighted by molar-refractivity contribution is 5.88. The van der Waals surface area contributed by atoms with E-state index in [1.54, 1.807) is 0 Å². The molecule has 35 heavy (non-hydrogen) atoms. The average molecular weight is 477 g/mol. The Bertz CT molecular complexity index is 1110. The third kappa shape index (κ3) is 4.28. The number of carboxylic acid groups (broad SMARTS) is 1. The smallest absolute Gasteiger partial charge is 0.407 e. The SMILES string of the molecule is CC1(C)CN(C(=O)[C@@H]2CCC[C@@H](NC(=O)OCC3c4ccccc4-c4ccccc43)C2)C1C(=O)O. The van der Waals surface area contributed by atoms with Crippen LogP contribution in [0.15, 0.2) is 48.5 Å². The molecule has 1 heterocycles. The number of amides is 2. The Kier molecular flexibility index (Phi) is 6.03. The van der Waals surface area contributed by atoms with Crippen LogP contribution in [0, 0.1) is 11.3 Å². The number of ether oxygens (including phenoxy) is 1. The molecule has 2 amide bonds. The molecule has 2 aromatic rings. The summed E-state index contributed by atoms with van der Waals surface area (Å²) in [6.45, 7) is 4.44. The first-order valence-electron chi connectivity index (χ1n) is 12.4. The Morgan fingerprint density at radius 1 is 1.03 bits per heavy atom. The molecule has 184 valence electrons. The minimum atomic E-state index is -0.960. The van der Waals surface area contributed by atoms with Gasteiger partial charge in [-0.25, -0.2) is 9.59 Å². The van der Waals surface area contributed by atoms with E-state index in [0.717, 1.165) is 24.0 Å². The molecule has 0 bridgehead atoms. The number of fused-ring (bicyclic) bond motifs is 3. The van der Waals surface area contributed by atoms with E-state index in [1.807, 2.05) is 38.1 Å². The molecule has 0 spiro atoms. The molecule has 7 nitrogen and oxygen atoms in total. The summed E-state index contributed by atoms with van der Waals surface area (Å²) < 4.78 is 5.67. The highest BCUT2D eigenvalue weighted by Crippen LogP contribution is 2.44. The van der Waals surface area contributed by atoms with Gasteiger partial charge in [0.2, 0.25) is 5.91 Å². The lowest BCUT2D eigenvalue weighted by molar-refractivity contribution is -0.174. The second-order valence-corrected chi connectivity index (χ2v) is 10.7. The Balaban J connectivity index is 1.18. The van der Waals surface area contributed by atoms with Gasteiger partial charge in [0, 0.05) is 29.8 Å². The normalized spacial score (nSPS) is 24.6. The average Bonchev–Trinajstić information content (AvgIpc) is 3.14. The molecular formula is C28H32N2O5. The largest absolute Gasteiger partial charge is 0.480 e. The van der Waals surface area contributed by atoms with Gasteiger partial charge in [-0.2, -0.15) is 0 Å². The molecule has 1 aliphatic heterocycles. The number of aliphatic carboxylic acids is 1. The molecule has 3 atom stereocenters. The van der Waals surface area contributed by atoms with Gasteiger partial charge < -0.3 is 20.1 Å². The van der Waals surface area contributed by atoms with Crippen LogP contribution in [0.1, 0.15) is 56.6 Å². The molecule has 1 saturated heterocycles. The molecule has 5 rings (SSSR count). The fourth-order valence-corrected chi connectivity index (χ4v) is 6.19. The number of carboxylic acids is 1. The van der Waals surface area contributed by atoms with Crippen molar-refractivity contribution in [1.82, 2.24) is 10.2 Å². The molecule has 0 radical (unpaired) electrons. The lowest BCUT2D eigenvalue weighted by atomic mass is 9.73. The number of hydrogen-bond acceptors (Lipinski definition) is 4. The highest BCUT2D eigenvalue weighted by atomic mass is 16.5. The summed E-state index contributed by atoms with van der Waals surface area (Å²) in [6, 6.07) is 15.5. The van der Waals surface area contributed by atoms with Crippen molar-refractivity contribution in [2.24, 2.45) is 11.3 Å². The molecule has 2 fully saturated rings. The van der Waals surface area contributed by atoms with Crippen molar-refractivity contribution in [3.63, 3.8) is 0 Å². The standard InChI is InChI=1S/C28H32N2O5/c1-28(2)16-30(24(28)26(32)33)25(31)17-8-7-9-18(14-17)29-27(34)35-15-23-21-12-5-3-10-19(21)20-11-4-6-13-22(20)23/h3-6,10-13,17-18,23-24H,7-9,14-16H2,1-2H3,(H,29,34)(H,32,33)/t17-,18-,24?/m1/s1. The predicted molar refractivity (Wildman–Crippen MR) is 131 cm³/mol. The first-order chi connectivity index (χ1) is 16.8. The van der Waals surface area contributed by atoms with E-state index < -0.39 is 23.5 Å². The van der Waals surface area contributed by atoms with E-state index >= 15 is 0 Å². The monoisotopic (exact) mass is 476 g/mol. The van der Waals surface area contributed by atoms with E-state index in [1.165, 1.54) is 16.0 Å². The number of benzene rings is 2. The lowest BCUT2D eigenvalue weighted by Gasteiger charge is -2.53. The van der Waals surface area contributed by atoms with Crippen LogP contribution in [0.25, 0.3) is 11.1 Å². The van der Waals surface area contributed by atoms with Crippen LogP contribution in [0.3, 0.4) is 0 Å². The fraction of sp³-hybridized carbons (Fsp3) is 0.464. The quantitative estimate of drug-likeness (QED) is 0.667. The van der Waals surface area contributed by atoms with Crippen LogP contribution >= 0.6 is 0 Å². The van der Waals surface area contributed by atoms with Crippen molar-refractivity contribution in [2.45, 2.75) is 57.5 Å². The van der Waals surface area contributed by atoms with Gasteiger partial charge in [-0.3, -0.25) is 4.79 Å². The second kappa shape index (κ2) is 9.02. The van der Waals surface area contributed by atoms with E-state index in [9.17, 15) is 19.5 Å². The van der Waals surface area contributed by atoms with E-state index in [-0.39, 0.29) is 30.4 Å². The van der Waals surface area contributed by atoms with Gasteiger partial charge >= 0.3 is 12.1 Å². The van der Waals surface area contributed by atoms with Crippen molar-refractivity contribution < 1.29 is 24.2 Å². The maximum Gasteiger partial charge on any atom is 0.407 e. The highest BCUT2D eigenvalue weighted by Gasteiger charge is 2.53. The zero-order chi connectivity index (χ0) is 24.7. The number of nitrogens with one attached hydrogen (secondary N) is 1. The summed E-state index contributed by atoms with van der Waals surface area (Å²) in [5.74, 6) is -1.35. The van der Waals surface area contributed by atoms with Crippen molar-refractivity contribution in [3.8, 4) is 11.1 Å². The first-order valence-corrected chi connectivity index (χ1v) is 12.4. The third-order valence-corrected chi connectivity index (χ3v) is 7.84. The summed E-state index contributed by atoms with van der Waals surface area (Å²) in [5, 5.41) is 12.5. The van der Waals surface area contributed by atoms with Crippen molar-refractivity contribution >= 4 is 18.0 Å². The Labute approximate surface area is 205 Å². The number of rotatable bonds is 5. The van der Waals surface area contributed by atoms with Gasteiger partial charge in [-0.1, -0.05) is 68.8 Å². The number of hydrogen-bond donors (Lipinski definition) is 2. The van der Waals surface area contributed by atoms with Gasteiger partial charge in [0.05, 0.1) is 0 Å². The van der Waals surface area contributed by atoms with Crippen molar-refractivity contribution in [1.29, 1.82) is 0 Å². The molecule has 1 saturated carbocycles. The van der Waals surface area contributed by atoms with E-state index in [2.05, 4.69) is 29.6 Å². The molecule has 7 heteroatoms. The zero-order valence-electron chi connectivity index (χ0n) is 20.2. The van der Waals surface area contributed by atoms with Crippen LogP contribution in [-0.4, -0.2) is 53.2 Å². The number of likely N-dealkylation sites (tertiary alicyclic amines) is 1. The molecule has 2 aliphatic carbocycles. The van der Waals surface area contributed by atoms with Crippen LogP contribution in [-0.2, 0) is 14.3 Å². The molecule has 3 aliphatic rings. The second-order valence-electron chi connectivity index (χ2n) is 10.7. The van der Waals surface area contributed by atoms with Gasteiger partial charge in [0.1, 0.15) is 12.6 Å². The zero-order valence-corrected chi connectivity index (χ0v) is 20.2. The lowest BCUT2D eigenvalue weighted by Crippen LogP contribution is -2.68. The van der Waals surface area contributed by atoms with Crippen LogP contribution in [0.4, 0.5) is 4.79 Å². The number of carbonyl (C=O) groups excluding carboxylic acids is 2. The summed E-state index contributed by atoms with van der Waals surface area (Å²) in [7, 11) is 0. The first kappa shape index (κ1) is 23.4. The third-order valence-electron chi connectivity index (χ3n) is 7.84. The summed E-state index contributed by atoms with van der Waals surface area (Å²) in [6.07, 6.45) is 2.33. The molecule has 0 aromatic heterocycles. The molecular weight excluding hydrogens is 444 g/mol. The van der Waals surface area contributed by atoms with E-state index in [4.69, 9.17) is 4.74 Å². The van der Waals surface area contributed by atoms with Gasteiger partial charge in [0.25, 0.3) is 0 Å². The minimum absolute atomic E-state index is 0.00319. The van der Waals surface area contributed by atoms with Crippen LogP contribution < -0.4 is 5.32 Å². The maximum absolute atomic E-state index is 13.1. The van der Waals surface area contributed by atoms with Gasteiger partial charge in [-0.05, 0) is 41.5 Å². The molecule has 1 unspecified atom stereocenters. The summed E-state index contributed by atoms with van der Waals surface area (Å²) in [4.78, 5) is 38.9. The van der Waals surface area contributed by atoms with E-state index in [0.29, 0.717) is 19.4 Å².